The first-order chi connectivity index (χ1) is 18.1. The maximum Gasteiger partial charge on any atom is 0.245 e. The van der Waals surface area contributed by atoms with Crippen molar-refractivity contribution in [2.24, 2.45) is 16.9 Å². The van der Waals surface area contributed by atoms with E-state index in [0.29, 0.717) is 47.1 Å². The van der Waals surface area contributed by atoms with Crippen molar-refractivity contribution >= 4 is 56.8 Å². The summed E-state index contributed by atoms with van der Waals surface area (Å²) in [6, 6.07) is 15.5. The predicted molar refractivity (Wildman–Crippen MR) is 151 cm³/mol. The molecule has 0 saturated carbocycles. The topological polar surface area (TPSA) is 177 Å². The van der Waals surface area contributed by atoms with E-state index in [9.17, 15) is 14.4 Å². The first-order valence-corrected chi connectivity index (χ1v) is 12.7. The molecule has 0 bridgehead atoms. The van der Waals surface area contributed by atoms with Crippen LogP contribution in [0.25, 0.3) is 0 Å². The standard InChI is InChI=1S/C26H31BrN8O3/c1-26(2,23(29)37)24(38)31-13-7-12-30-21-19(27)15-32-25(35-21)34-18-11-6-10-17(14-18)33-22(36)20(28)16-8-4-3-5-9-16/h3-6,8-11,14-15,20H,7,12-13,28H2,1-2H3,(H2,29,37)(H,31,38)(H,33,36)(H2,30,32,34,35)/t20-/m0/s1. The predicted octanol–water partition coefficient (Wildman–Crippen LogP) is 3.05. The van der Waals surface area contributed by atoms with Crippen LogP contribution in [0.5, 0.6) is 0 Å². The normalized spacial score (nSPS) is 11.8. The van der Waals surface area contributed by atoms with Gasteiger partial charge >= 0.3 is 0 Å². The Morgan fingerprint density at radius 1 is 1.03 bits per heavy atom. The van der Waals surface area contributed by atoms with Gasteiger partial charge in [-0.3, -0.25) is 14.4 Å². The molecule has 0 aliphatic rings. The van der Waals surface area contributed by atoms with Gasteiger partial charge in [0.25, 0.3) is 0 Å². The largest absolute Gasteiger partial charge is 0.369 e. The molecule has 1 aromatic heterocycles. The van der Waals surface area contributed by atoms with E-state index in [-0.39, 0.29) is 5.91 Å². The molecule has 0 spiro atoms. The maximum atomic E-state index is 12.6. The molecule has 0 unspecified atom stereocenters. The van der Waals surface area contributed by atoms with Gasteiger partial charge in [0.15, 0.2) is 0 Å². The lowest BCUT2D eigenvalue weighted by Crippen LogP contribution is -2.46. The summed E-state index contributed by atoms with van der Waals surface area (Å²) in [5, 5.41) is 11.9. The number of hydrogen-bond donors (Lipinski definition) is 6. The van der Waals surface area contributed by atoms with Crippen molar-refractivity contribution < 1.29 is 14.4 Å². The van der Waals surface area contributed by atoms with Crippen LogP contribution in [0.3, 0.4) is 0 Å². The Morgan fingerprint density at radius 2 is 1.74 bits per heavy atom. The highest BCUT2D eigenvalue weighted by Crippen LogP contribution is 2.24. The van der Waals surface area contributed by atoms with Crippen LogP contribution in [0.2, 0.25) is 0 Å². The Bertz CT molecular complexity index is 1290. The van der Waals surface area contributed by atoms with Crippen molar-refractivity contribution in [2.75, 3.05) is 29.0 Å². The number of aromatic nitrogens is 2. The van der Waals surface area contributed by atoms with Crippen LogP contribution in [0.15, 0.2) is 65.3 Å². The van der Waals surface area contributed by atoms with E-state index in [0.717, 1.165) is 5.56 Å². The molecular formula is C26H31BrN8O3. The van der Waals surface area contributed by atoms with Crippen LogP contribution in [0.1, 0.15) is 31.9 Å². The highest BCUT2D eigenvalue weighted by atomic mass is 79.9. The summed E-state index contributed by atoms with van der Waals surface area (Å²) in [7, 11) is 0. The van der Waals surface area contributed by atoms with Gasteiger partial charge in [-0.1, -0.05) is 36.4 Å². The lowest BCUT2D eigenvalue weighted by atomic mass is 9.91. The molecule has 0 saturated heterocycles. The third kappa shape index (κ3) is 7.73. The highest BCUT2D eigenvalue weighted by Gasteiger charge is 2.33. The minimum atomic E-state index is -1.27. The molecule has 0 aliphatic heterocycles. The molecule has 0 aliphatic carbocycles. The zero-order valence-corrected chi connectivity index (χ0v) is 22.7. The molecule has 1 atom stereocenters. The molecule has 0 fully saturated rings. The van der Waals surface area contributed by atoms with Gasteiger partial charge in [-0.25, -0.2) is 4.98 Å². The summed E-state index contributed by atoms with van der Waals surface area (Å²) < 4.78 is 0.665. The van der Waals surface area contributed by atoms with Crippen molar-refractivity contribution in [2.45, 2.75) is 26.3 Å². The van der Waals surface area contributed by atoms with E-state index in [2.05, 4.69) is 47.2 Å². The fraction of sp³-hybridized carbons (Fsp3) is 0.269. The Balaban J connectivity index is 1.54. The van der Waals surface area contributed by atoms with Crippen LogP contribution in [-0.2, 0) is 14.4 Å². The van der Waals surface area contributed by atoms with E-state index >= 15 is 0 Å². The monoisotopic (exact) mass is 582 g/mol. The number of amides is 3. The van der Waals surface area contributed by atoms with Gasteiger partial charge in [0.1, 0.15) is 17.3 Å². The first kappa shape index (κ1) is 28.5. The lowest BCUT2D eigenvalue weighted by molar-refractivity contribution is -0.139. The second-order valence-corrected chi connectivity index (χ2v) is 9.85. The van der Waals surface area contributed by atoms with E-state index < -0.39 is 23.3 Å². The first-order valence-electron chi connectivity index (χ1n) is 11.9. The van der Waals surface area contributed by atoms with Crippen LogP contribution < -0.4 is 32.7 Å². The van der Waals surface area contributed by atoms with E-state index in [1.165, 1.54) is 13.8 Å². The number of carbonyl (C=O) groups is 3. The third-order valence-corrected chi connectivity index (χ3v) is 6.27. The molecule has 12 heteroatoms. The Kier molecular flexibility index (Phi) is 9.74. The van der Waals surface area contributed by atoms with Crippen LogP contribution in [0.4, 0.5) is 23.1 Å². The van der Waals surface area contributed by atoms with Crippen molar-refractivity contribution in [1.29, 1.82) is 0 Å². The van der Waals surface area contributed by atoms with Crippen molar-refractivity contribution in [3.8, 4) is 0 Å². The zero-order valence-electron chi connectivity index (χ0n) is 21.1. The molecule has 3 aromatic rings. The molecule has 38 heavy (non-hydrogen) atoms. The van der Waals surface area contributed by atoms with E-state index in [4.69, 9.17) is 11.5 Å². The number of nitrogens with one attached hydrogen (secondary N) is 4. The van der Waals surface area contributed by atoms with Crippen LogP contribution in [0, 0.1) is 5.41 Å². The molecule has 8 N–H and O–H groups in total. The summed E-state index contributed by atoms with van der Waals surface area (Å²) in [6.45, 7) is 3.84. The van der Waals surface area contributed by atoms with Gasteiger partial charge in [-0.05, 0) is 60.0 Å². The number of carbonyl (C=O) groups excluding carboxylic acids is 3. The minimum absolute atomic E-state index is 0.325. The van der Waals surface area contributed by atoms with Gasteiger partial charge in [-0.2, -0.15) is 4.98 Å². The Hall–Kier alpha value is -4.03. The van der Waals surface area contributed by atoms with Crippen molar-refractivity contribution in [1.82, 2.24) is 15.3 Å². The van der Waals surface area contributed by atoms with E-state index in [1.807, 2.05) is 24.3 Å². The molecular weight excluding hydrogens is 552 g/mol. The number of nitrogens with two attached hydrogens (primary N) is 2. The Labute approximate surface area is 229 Å². The van der Waals surface area contributed by atoms with E-state index in [1.54, 1.807) is 36.5 Å². The second kappa shape index (κ2) is 13.0. The van der Waals surface area contributed by atoms with Gasteiger partial charge in [-0.15, -0.1) is 0 Å². The van der Waals surface area contributed by atoms with Gasteiger partial charge in [0.05, 0.1) is 4.47 Å². The molecule has 2 aromatic carbocycles. The summed E-state index contributed by atoms with van der Waals surface area (Å²) in [5.41, 5.74) is 12.0. The molecule has 0 radical (unpaired) electrons. The SMILES string of the molecule is CC(C)(C(N)=O)C(=O)NCCCNc1nc(Nc2cccc(NC(=O)[C@@H](N)c3ccccc3)c2)ncc1Br. The second-order valence-electron chi connectivity index (χ2n) is 9.00. The number of benzene rings is 2. The summed E-state index contributed by atoms with van der Waals surface area (Å²) >= 11 is 3.43. The quantitative estimate of drug-likeness (QED) is 0.139. The maximum absolute atomic E-state index is 12.6. The fourth-order valence-corrected chi connectivity index (χ4v) is 3.55. The number of hydrogen-bond acceptors (Lipinski definition) is 8. The fourth-order valence-electron chi connectivity index (χ4n) is 3.22. The number of anilines is 4. The average molecular weight is 583 g/mol. The number of nitrogens with zero attached hydrogens (tertiary/aromatic N) is 2. The van der Waals surface area contributed by atoms with Crippen LogP contribution in [-0.4, -0.2) is 40.8 Å². The minimum Gasteiger partial charge on any atom is -0.369 e. The number of rotatable bonds is 12. The third-order valence-electron chi connectivity index (χ3n) is 5.69. The van der Waals surface area contributed by atoms with Gasteiger partial charge < -0.3 is 32.7 Å². The summed E-state index contributed by atoms with van der Waals surface area (Å²) in [4.78, 5) is 44.8. The summed E-state index contributed by atoms with van der Waals surface area (Å²) in [5.74, 6) is -0.516. The number of primary amides is 1. The van der Waals surface area contributed by atoms with Gasteiger partial charge in [0.2, 0.25) is 23.7 Å². The molecule has 200 valence electrons. The van der Waals surface area contributed by atoms with Gasteiger partial charge in [0, 0.05) is 30.7 Å². The highest BCUT2D eigenvalue weighted by molar-refractivity contribution is 9.10. The molecule has 3 amide bonds. The van der Waals surface area contributed by atoms with Crippen LogP contribution >= 0.6 is 15.9 Å². The van der Waals surface area contributed by atoms with Crippen molar-refractivity contribution in [3.05, 3.63) is 70.8 Å². The molecule has 1 heterocycles. The van der Waals surface area contributed by atoms with Crippen molar-refractivity contribution in [3.63, 3.8) is 0 Å². The smallest absolute Gasteiger partial charge is 0.245 e. The zero-order chi connectivity index (χ0) is 27.7. The summed E-state index contributed by atoms with van der Waals surface area (Å²) in [6.07, 6.45) is 2.20. The number of halogens is 1. The lowest BCUT2D eigenvalue weighted by Gasteiger charge is -2.19. The Morgan fingerprint density at radius 3 is 2.45 bits per heavy atom. The molecule has 11 nitrogen and oxygen atoms in total. The average Bonchev–Trinajstić information content (AvgIpc) is 2.90. The molecule has 3 rings (SSSR count).